The Hall–Kier alpha value is -1.40. The molecule has 1 heterocycles. The van der Waals surface area contributed by atoms with Crippen LogP contribution in [-0.4, -0.2) is 42.5 Å². The lowest BCUT2D eigenvalue weighted by Gasteiger charge is -2.07. The van der Waals surface area contributed by atoms with E-state index in [1.165, 1.54) is 5.56 Å². The quantitative estimate of drug-likeness (QED) is 0.657. The van der Waals surface area contributed by atoms with E-state index in [0.29, 0.717) is 32.0 Å². The average Bonchev–Trinajstić information content (AvgIpc) is 2.76. The molecule has 0 unspecified atom stereocenters. The van der Waals surface area contributed by atoms with Crippen molar-refractivity contribution in [3.8, 4) is 0 Å². The first-order valence-corrected chi connectivity index (χ1v) is 7.03. The van der Waals surface area contributed by atoms with Crippen LogP contribution in [0.3, 0.4) is 0 Å². The lowest BCUT2D eigenvalue weighted by molar-refractivity contribution is -0.121. The fourth-order valence-electron chi connectivity index (χ4n) is 1.98. The van der Waals surface area contributed by atoms with Crippen LogP contribution in [0.15, 0.2) is 6.20 Å². The summed E-state index contributed by atoms with van der Waals surface area (Å²) in [6, 6.07) is 0. The van der Waals surface area contributed by atoms with Gasteiger partial charge in [-0.15, -0.1) is 0 Å². The molecule has 0 fully saturated rings. The molecular weight excluding hydrogens is 256 g/mol. The summed E-state index contributed by atoms with van der Waals surface area (Å²) >= 11 is 0. The third kappa shape index (κ3) is 5.71. The van der Waals surface area contributed by atoms with Crippen molar-refractivity contribution in [2.24, 2.45) is 7.05 Å². The number of aryl methyl sites for hydroxylation is 1. The van der Waals surface area contributed by atoms with E-state index >= 15 is 0 Å². The van der Waals surface area contributed by atoms with Crippen LogP contribution >= 0.6 is 0 Å². The standard InChI is InChI=1S/C14H26N4O2/c1-11(2)14-12(10-18(3)17-14)9-15-6-5-13(19)16-7-8-20-4/h10-11,15H,5-9H2,1-4H3,(H,16,19). The molecule has 0 atom stereocenters. The molecule has 1 aromatic rings. The Labute approximate surface area is 120 Å². The lowest BCUT2D eigenvalue weighted by Crippen LogP contribution is -2.30. The number of ether oxygens (including phenoxy) is 1. The third-order valence-electron chi connectivity index (χ3n) is 2.96. The Morgan fingerprint density at radius 1 is 1.45 bits per heavy atom. The molecule has 1 rings (SSSR count). The molecule has 0 aliphatic rings. The zero-order valence-electron chi connectivity index (χ0n) is 12.9. The highest BCUT2D eigenvalue weighted by molar-refractivity contribution is 5.76. The molecule has 1 aromatic heterocycles. The van der Waals surface area contributed by atoms with E-state index < -0.39 is 0 Å². The molecule has 0 saturated heterocycles. The summed E-state index contributed by atoms with van der Waals surface area (Å²) in [5, 5.41) is 10.5. The Bertz CT molecular complexity index is 415. The second-order valence-corrected chi connectivity index (χ2v) is 5.14. The molecule has 20 heavy (non-hydrogen) atoms. The topological polar surface area (TPSA) is 68.2 Å². The van der Waals surface area contributed by atoms with E-state index in [1.807, 2.05) is 17.9 Å². The summed E-state index contributed by atoms with van der Waals surface area (Å²) in [6.07, 6.45) is 2.50. The maximum absolute atomic E-state index is 11.5. The maximum atomic E-state index is 11.5. The number of methoxy groups -OCH3 is 1. The largest absolute Gasteiger partial charge is 0.383 e. The van der Waals surface area contributed by atoms with Crippen molar-refractivity contribution in [1.29, 1.82) is 0 Å². The number of nitrogens with one attached hydrogen (secondary N) is 2. The smallest absolute Gasteiger partial charge is 0.221 e. The monoisotopic (exact) mass is 282 g/mol. The zero-order chi connectivity index (χ0) is 15.0. The summed E-state index contributed by atoms with van der Waals surface area (Å²) < 4.78 is 6.71. The summed E-state index contributed by atoms with van der Waals surface area (Å²) in [5.41, 5.74) is 2.31. The fourth-order valence-corrected chi connectivity index (χ4v) is 1.98. The van der Waals surface area contributed by atoms with E-state index in [-0.39, 0.29) is 5.91 Å². The molecule has 0 aromatic carbocycles. The van der Waals surface area contributed by atoms with Crippen LogP contribution in [0.25, 0.3) is 0 Å². The predicted octanol–water partition coefficient (Wildman–Crippen LogP) is 0.786. The minimum Gasteiger partial charge on any atom is -0.383 e. The van der Waals surface area contributed by atoms with Crippen LogP contribution in [0.4, 0.5) is 0 Å². The fraction of sp³-hybridized carbons (Fsp3) is 0.714. The summed E-state index contributed by atoms with van der Waals surface area (Å²) in [6.45, 7) is 6.78. The third-order valence-corrected chi connectivity index (χ3v) is 2.96. The van der Waals surface area contributed by atoms with E-state index in [2.05, 4.69) is 29.6 Å². The molecule has 0 aliphatic carbocycles. The maximum Gasteiger partial charge on any atom is 0.221 e. The second-order valence-electron chi connectivity index (χ2n) is 5.14. The Balaban J connectivity index is 2.26. The van der Waals surface area contributed by atoms with Gasteiger partial charge in [0.15, 0.2) is 0 Å². The summed E-state index contributed by atoms with van der Waals surface area (Å²) in [4.78, 5) is 11.5. The van der Waals surface area contributed by atoms with Gasteiger partial charge in [-0.1, -0.05) is 13.8 Å². The van der Waals surface area contributed by atoms with Crippen molar-refractivity contribution in [2.45, 2.75) is 32.7 Å². The molecular formula is C14H26N4O2. The second kappa shape index (κ2) is 8.71. The number of carbonyl (C=O) groups is 1. The van der Waals surface area contributed by atoms with Crippen molar-refractivity contribution in [1.82, 2.24) is 20.4 Å². The Kier molecular flexibility index (Phi) is 7.25. The van der Waals surface area contributed by atoms with Gasteiger partial charge in [-0.3, -0.25) is 9.48 Å². The van der Waals surface area contributed by atoms with Gasteiger partial charge in [-0.25, -0.2) is 0 Å². The molecule has 0 aliphatic heterocycles. The molecule has 0 saturated carbocycles. The van der Waals surface area contributed by atoms with Crippen LogP contribution in [0, 0.1) is 0 Å². The number of hydrogen-bond acceptors (Lipinski definition) is 4. The van der Waals surface area contributed by atoms with Gasteiger partial charge in [-0.05, 0) is 5.92 Å². The Morgan fingerprint density at radius 2 is 2.20 bits per heavy atom. The molecule has 0 bridgehead atoms. The molecule has 6 nitrogen and oxygen atoms in total. The molecule has 0 radical (unpaired) electrons. The van der Waals surface area contributed by atoms with Crippen LogP contribution in [-0.2, 0) is 23.1 Å². The van der Waals surface area contributed by atoms with Crippen molar-refractivity contribution in [3.05, 3.63) is 17.5 Å². The van der Waals surface area contributed by atoms with E-state index in [0.717, 1.165) is 12.2 Å². The first-order chi connectivity index (χ1) is 9.54. The van der Waals surface area contributed by atoms with Gasteiger partial charge in [0.05, 0.1) is 12.3 Å². The van der Waals surface area contributed by atoms with Gasteiger partial charge in [0, 0.05) is 52.0 Å². The van der Waals surface area contributed by atoms with Crippen molar-refractivity contribution < 1.29 is 9.53 Å². The van der Waals surface area contributed by atoms with Crippen LogP contribution in [0.5, 0.6) is 0 Å². The minimum atomic E-state index is 0.0461. The number of rotatable bonds is 9. The highest BCUT2D eigenvalue weighted by Gasteiger charge is 2.10. The number of carbonyl (C=O) groups excluding carboxylic acids is 1. The molecule has 1 amide bonds. The van der Waals surface area contributed by atoms with E-state index in [4.69, 9.17) is 4.74 Å². The van der Waals surface area contributed by atoms with Gasteiger partial charge >= 0.3 is 0 Å². The first-order valence-electron chi connectivity index (χ1n) is 7.03. The van der Waals surface area contributed by atoms with Crippen molar-refractivity contribution in [2.75, 3.05) is 26.8 Å². The lowest BCUT2D eigenvalue weighted by atomic mass is 10.1. The molecule has 2 N–H and O–H groups in total. The number of hydrogen-bond donors (Lipinski definition) is 2. The average molecular weight is 282 g/mol. The first kappa shape index (κ1) is 16.7. The summed E-state index contributed by atoms with van der Waals surface area (Å²) in [5.74, 6) is 0.454. The van der Waals surface area contributed by atoms with Gasteiger partial charge in [0.25, 0.3) is 0 Å². The molecule has 6 heteroatoms. The van der Waals surface area contributed by atoms with Crippen LogP contribution in [0.2, 0.25) is 0 Å². The van der Waals surface area contributed by atoms with Crippen molar-refractivity contribution in [3.63, 3.8) is 0 Å². The van der Waals surface area contributed by atoms with Gasteiger partial charge in [-0.2, -0.15) is 5.10 Å². The van der Waals surface area contributed by atoms with E-state index in [1.54, 1.807) is 7.11 Å². The van der Waals surface area contributed by atoms with Gasteiger partial charge in [0.2, 0.25) is 5.91 Å². The van der Waals surface area contributed by atoms with Gasteiger partial charge < -0.3 is 15.4 Å². The SMILES string of the molecule is COCCNC(=O)CCNCc1cn(C)nc1C(C)C. The molecule has 0 spiro atoms. The summed E-state index contributed by atoms with van der Waals surface area (Å²) in [7, 11) is 3.55. The molecule has 114 valence electrons. The van der Waals surface area contributed by atoms with Crippen LogP contribution in [0.1, 0.15) is 37.4 Å². The number of nitrogens with zero attached hydrogens (tertiary/aromatic N) is 2. The zero-order valence-corrected chi connectivity index (χ0v) is 12.9. The van der Waals surface area contributed by atoms with Crippen LogP contribution < -0.4 is 10.6 Å². The van der Waals surface area contributed by atoms with Crippen molar-refractivity contribution >= 4 is 5.91 Å². The predicted molar refractivity (Wildman–Crippen MR) is 78.5 cm³/mol. The number of aromatic nitrogens is 2. The van der Waals surface area contributed by atoms with Gasteiger partial charge in [0.1, 0.15) is 0 Å². The highest BCUT2D eigenvalue weighted by atomic mass is 16.5. The van der Waals surface area contributed by atoms with E-state index in [9.17, 15) is 4.79 Å². The number of amides is 1. The normalized spacial score (nSPS) is 11.1. The highest BCUT2D eigenvalue weighted by Crippen LogP contribution is 2.16. The minimum absolute atomic E-state index is 0.0461. The Morgan fingerprint density at radius 3 is 2.85 bits per heavy atom.